The topological polar surface area (TPSA) is 76.4 Å². The van der Waals surface area contributed by atoms with Gasteiger partial charge in [0.25, 0.3) is 0 Å². The molecule has 7 nitrogen and oxygen atoms in total. The van der Waals surface area contributed by atoms with Crippen LogP contribution in [0.3, 0.4) is 0 Å². The summed E-state index contributed by atoms with van der Waals surface area (Å²) in [4.78, 5) is 4.18. The van der Waals surface area contributed by atoms with Gasteiger partial charge in [0.15, 0.2) is 5.96 Å². The average Bonchev–Trinajstić information content (AvgIpc) is 3.08. The SMILES string of the molecule is CCc1nncn1CCNC(=NC)NCCOc1cccc(Cl)c1Cl. The molecule has 0 spiro atoms. The van der Waals surface area contributed by atoms with Gasteiger partial charge in [-0.2, -0.15) is 0 Å². The van der Waals surface area contributed by atoms with Crippen molar-refractivity contribution in [3.05, 3.63) is 40.4 Å². The Morgan fingerprint density at radius 3 is 2.84 bits per heavy atom. The quantitative estimate of drug-likeness (QED) is 0.415. The van der Waals surface area contributed by atoms with Crippen LogP contribution in [-0.4, -0.2) is 47.5 Å². The zero-order valence-corrected chi connectivity index (χ0v) is 15.8. The summed E-state index contributed by atoms with van der Waals surface area (Å²) in [6, 6.07) is 5.30. The van der Waals surface area contributed by atoms with E-state index in [9.17, 15) is 0 Å². The van der Waals surface area contributed by atoms with Crippen molar-refractivity contribution in [2.45, 2.75) is 19.9 Å². The molecule has 1 aromatic heterocycles. The Hall–Kier alpha value is -1.99. The predicted molar refractivity (Wildman–Crippen MR) is 101 cm³/mol. The molecular formula is C16H22Cl2N6O. The van der Waals surface area contributed by atoms with E-state index in [2.05, 4.69) is 32.7 Å². The highest BCUT2D eigenvalue weighted by Gasteiger charge is 2.05. The summed E-state index contributed by atoms with van der Waals surface area (Å²) in [7, 11) is 1.72. The van der Waals surface area contributed by atoms with Crippen LogP contribution in [0.1, 0.15) is 12.7 Å². The molecule has 0 aliphatic rings. The fourth-order valence-corrected chi connectivity index (χ4v) is 2.53. The van der Waals surface area contributed by atoms with E-state index in [0.717, 1.165) is 18.8 Å². The van der Waals surface area contributed by atoms with E-state index in [1.807, 2.05) is 4.57 Å². The zero-order chi connectivity index (χ0) is 18.1. The number of aryl methyl sites for hydroxylation is 1. The molecule has 0 amide bonds. The van der Waals surface area contributed by atoms with Crippen molar-refractivity contribution < 1.29 is 4.74 Å². The van der Waals surface area contributed by atoms with E-state index in [4.69, 9.17) is 27.9 Å². The third-order valence-corrected chi connectivity index (χ3v) is 4.25. The van der Waals surface area contributed by atoms with E-state index in [1.54, 1.807) is 31.6 Å². The highest BCUT2D eigenvalue weighted by molar-refractivity contribution is 6.42. The Kier molecular flexibility index (Phi) is 7.81. The molecule has 0 fully saturated rings. The number of aliphatic imine (C=N–C) groups is 1. The first-order valence-corrected chi connectivity index (χ1v) is 8.79. The molecule has 9 heteroatoms. The number of guanidine groups is 1. The zero-order valence-electron chi connectivity index (χ0n) is 14.3. The average molecular weight is 385 g/mol. The third-order valence-electron chi connectivity index (χ3n) is 3.45. The maximum Gasteiger partial charge on any atom is 0.191 e. The van der Waals surface area contributed by atoms with Gasteiger partial charge in [0, 0.05) is 26.6 Å². The number of nitrogens with zero attached hydrogens (tertiary/aromatic N) is 4. The van der Waals surface area contributed by atoms with Crippen LogP contribution in [0, 0.1) is 0 Å². The predicted octanol–water partition coefficient (Wildman–Crippen LogP) is 2.39. The lowest BCUT2D eigenvalue weighted by atomic mass is 10.3. The molecule has 136 valence electrons. The number of benzene rings is 1. The van der Waals surface area contributed by atoms with E-state index >= 15 is 0 Å². The van der Waals surface area contributed by atoms with Crippen LogP contribution in [0.25, 0.3) is 0 Å². The molecule has 0 saturated heterocycles. The molecule has 1 heterocycles. The van der Waals surface area contributed by atoms with Gasteiger partial charge in [-0.25, -0.2) is 0 Å². The Morgan fingerprint density at radius 1 is 1.28 bits per heavy atom. The van der Waals surface area contributed by atoms with E-state index in [-0.39, 0.29) is 0 Å². The van der Waals surface area contributed by atoms with Crippen molar-refractivity contribution in [2.24, 2.45) is 4.99 Å². The Balaban J connectivity index is 1.69. The fraction of sp³-hybridized carbons (Fsp3) is 0.438. The molecule has 0 aliphatic carbocycles. The van der Waals surface area contributed by atoms with Crippen molar-refractivity contribution in [2.75, 3.05) is 26.7 Å². The summed E-state index contributed by atoms with van der Waals surface area (Å²) in [5.41, 5.74) is 0. The van der Waals surface area contributed by atoms with Gasteiger partial charge in [-0.15, -0.1) is 10.2 Å². The Bertz CT molecular complexity index is 704. The number of aromatic nitrogens is 3. The standard InChI is InChI=1S/C16H22Cl2N6O/c1-3-14-23-22-11-24(14)9-7-20-16(19-2)21-8-10-25-13-6-4-5-12(17)15(13)18/h4-6,11H,3,7-10H2,1-2H3,(H2,19,20,21). The Labute approximate surface area is 157 Å². The maximum atomic E-state index is 6.08. The summed E-state index contributed by atoms with van der Waals surface area (Å²) in [6.07, 6.45) is 2.59. The molecule has 1 aromatic carbocycles. The van der Waals surface area contributed by atoms with Gasteiger partial charge in [-0.1, -0.05) is 36.2 Å². The second-order valence-electron chi connectivity index (χ2n) is 5.12. The molecule has 25 heavy (non-hydrogen) atoms. The van der Waals surface area contributed by atoms with Crippen LogP contribution in [0.4, 0.5) is 0 Å². The van der Waals surface area contributed by atoms with Crippen molar-refractivity contribution in [3.63, 3.8) is 0 Å². The van der Waals surface area contributed by atoms with Crippen LogP contribution in [-0.2, 0) is 13.0 Å². The Morgan fingerprint density at radius 2 is 2.08 bits per heavy atom. The van der Waals surface area contributed by atoms with Gasteiger partial charge in [0.1, 0.15) is 29.5 Å². The highest BCUT2D eigenvalue weighted by atomic mass is 35.5. The minimum absolute atomic E-state index is 0.423. The van der Waals surface area contributed by atoms with Crippen molar-refractivity contribution in [1.82, 2.24) is 25.4 Å². The maximum absolute atomic E-state index is 6.08. The summed E-state index contributed by atoms with van der Waals surface area (Å²) in [5.74, 6) is 2.24. The highest BCUT2D eigenvalue weighted by Crippen LogP contribution is 2.31. The summed E-state index contributed by atoms with van der Waals surface area (Å²) >= 11 is 12.0. The van der Waals surface area contributed by atoms with Crippen LogP contribution in [0.2, 0.25) is 10.0 Å². The molecular weight excluding hydrogens is 363 g/mol. The molecule has 0 aliphatic heterocycles. The monoisotopic (exact) mass is 384 g/mol. The molecule has 0 atom stereocenters. The number of rotatable bonds is 8. The lowest BCUT2D eigenvalue weighted by Gasteiger charge is -2.13. The van der Waals surface area contributed by atoms with Gasteiger partial charge in [0.2, 0.25) is 0 Å². The number of nitrogens with one attached hydrogen (secondary N) is 2. The molecule has 2 aromatic rings. The fourth-order valence-electron chi connectivity index (χ4n) is 2.18. The van der Waals surface area contributed by atoms with Crippen LogP contribution in [0.5, 0.6) is 5.75 Å². The molecule has 0 bridgehead atoms. The second kappa shape index (κ2) is 10.1. The van der Waals surface area contributed by atoms with Gasteiger partial charge in [0.05, 0.1) is 11.6 Å². The molecule has 2 N–H and O–H groups in total. The molecule has 0 saturated carbocycles. The lowest BCUT2D eigenvalue weighted by molar-refractivity contribution is 0.322. The van der Waals surface area contributed by atoms with Crippen LogP contribution in [0.15, 0.2) is 29.5 Å². The molecule has 0 radical (unpaired) electrons. The summed E-state index contributed by atoms with van der Waals surface area (Å²) < 4.78 is 7.64. The van der Waals surface area contributed by atoms with Crippen molar-refractivity contribution in [3.8, 4) is 5.75 Å². The van der Waals surface area contributed by atoms with Crippen LogP contribution < -0.4 is 15.4 Å². The normalized spacial score (nSPS) is 11.4. The summed E-state index contributed by atoms with van der Waals surface area (Å²) in [6.45, 7) is 4.55. The van der Waals surface area contributed by atoms with Crippen molar-refractivity contribution in [1.29, 1.82) is 0 Å². The minimum atomic E-state index is 0.423. The van der Waals surface area contributed by atoms with Gasteiger partial charge >= 0.3 is 0 Å². The molecule has 2 rings (SSSR count). The number of hydrogen-bond acceptors (Lipinski definition) is 4. The third kappa shape index (κ3) is 5.79. The number of hydrogen-bond donors (Lipinski definition) is 2. The van der Waals surface area contributed by atoms with E-state index in [1.165, 1.54) is 0 Å². The van der Waals surface area contributed by atoms with Gasteiger partial charge in [-0.05, 0) is 12.1 Å². The van der Waals surface area contributed by atoms with Gasteiger partial charge < -0.3 is 19.9 Å². The van der Waals surface area contributed by atoms with Gasteiger partial charge in [-0.3, -0.25) is 4.99 Å². The first kappa shape index (κ1) is 19.3. The van der Waals surface area contributed by atoms with Crippen molar-refractivity contribution >= 4 is 29.2 Å². The number of ether oxygens (including phenoxy) is 1. The first-order valence-electron chi connectivity index (χ1n) is 8.03. The smallest absolute Gasteiger partial charge is 0.191 e. The molecule has 0 unspecified atom stereocenters. The minimum Gasteiger partial charge on any atom is -0.490 e. The summed E-state index contributed by atoms with van der Waals surface area (Å²) in [5, 5.41) is 15.3. The lowest BCUT2D eigenvalue weighted by Crippen LogP contribution is -2.40. The second-order valence-corrected chi connectivity index (χ2v) is 5.91. The van der Waals surface area contributed by atoms with E-state index in [0.29, 0.717) is 41.5 Å². The van der Waals surface area contributed by atoms with Crippen LogP contribution >= 0.6 is 23.2 Å². The largest absolute Gasteiger partial charge is 0.490 e. The first-order chi connectivity index (χ1) is 12.2. The van der Waals surface area contributed by atoms with E-state index < -0.39 is 0 Å². The number of halogens is 2.